The molecule has 0 radical (unpaired) electrons. The number of ether oxygens (including phenoxy) is 6. The third-order valence-electron chi connectivity index (χ3n) is 4.53. The number of hydrogen-bond acceptors (Lipinski definition) is 10. The predicted molar refractivity (Wildman–Crippen MR) is 130 cm³/mol. The van der Waals surface area contributed by atoms with Crippen molar-refractivity contribution in [1.29, 1.82) is 0 Å². The first-order valence-corrected chi connectivity index (χ1v) is 11.5. The highest BCUT2D eigenvalue weighted by molar-refractivity contribution is 5.93. The smallest absolute Gasteiger partial charge is 0.459 e. The second kappa shape index (κ2) is 16.0. The molecule has 0 aliphatic rings. The predicted octanol–water partition coefficient (Wildman–Crippen LogP) is 5.01. The van der Waals surface area contributed by atoms with Crippen molar-refractivity contribution in [2.75, 3.05) is 13.2 Å². The van der Waals surface area contributed by atoms with E-state index in [0.717, 1.165) is 0 Å². The third kappa shape index (κ3) is 12.0. The highest BCUT2D eigenvalue weighted by Gasteiger charge is 2.20. The molecule has 0 saturated heterocycles. The van der Waals surface area contributed by atoms with Crippen molar-refractivity contribution in [2.24, 2.45) is 0 Å². The Labute approximate surface area is 211 Å². The van der Waals surface area contributed by atoms with Crippen molar-refractivity contribution in [3.63, 3.8) is 0 Å². The van der Waals surface area contributed by atoms with Gasteiger partial charge >= 0.3 is 24.2 Å². The maximum atomic E-state index is 12.4. The Morgan fingerprint density at radius 1 is 0.639 bits per heavy atom. The van der Waals surface area contributed by atoms with Gasteiger partial charge in [-0.15, -0.1) is 0 Å². The van der Waals surface area contributed by atoms with E-state index in [-0.39, 0.29) is 37.2 Å². The molecule has 198 valence electrons. The average Bonchev–Trinajstić information content (AvgIpc) is 2.80. The zero-order valence-corrected chi connectivity index (χ0v) is 21.1. The van der Waals surface area contributed by atoms with Crippen molar-refractivity contribution < 1.29 is 47.6 Å². The van der Waals surface area contributed by atoms with Crippen LogP contribution >= 0.6 is 0 Å². The molecule has 0 N–H and O–H groups in total. The van der Waals surface area contributed by atoms with Crippen LogP contribution in [0.5, 0.6) is 0 Å². The number of carbonyl (C=O) groups is 4. The molecule has 1 aromatic carbocycles. The fourth-order valence-corrected chi connectivity index (χ4v) is 3.02. The van der Waals surface area contributed by atoms with Crippen molar-refractivity contribution in [1.82, 2.24) is 0 Å². The molecule has 0 amide bonds. The monoisotopic (exact) mass is 506 g/mol. The normalized spacial score (nSPS) is 13.7. The van der Waals surface area contributed by atoms with Crippen LogP contribution in [0.2, 0.25) is 0 Å². The van der Waals surface area contributed by atoms with Crippen molar-refractivity contribution in [2.45, 2.75) is 65.0 Å². The molecule has 1 rings (SSSR count). The Hall–Kier alpha value is -3.82. The zero-order chi connectivity index (χ0) is 27.1. The summed E-state index contributed by atoms with van der Waals surface area (Å²) in [5, 5.41) is 0. The summed E-state index contributed by atoms with van der Waals surface area (Å²) in [6, 6.07) is 5.79. The van der Waals surface area contributed by atoms with Gasteiger partial charge in [-0.2, -0.15) is 0 Å². The van der Waals surface area contributed by atoms with Gasteiger partial charge in [0, 0.05) is 12.8 Å². The van der Waals surface area contributed by atoms with Gasteiger partial charge in [0.05, 0.1) is 11.1 Å². The van der Waals surface area contributed by atoms with Crippen LogP contribution in [0.4, 0.5) is 9.59 Å². The molecule has 0 unspecified atom stereocenters. The van der Waals surface area contributed by atoms with Crippen LogP contribution in [0.25, 0.3) is 0 Å². The van der Waals surface area contributed by atoms with Crippen molar-refractivity contribution >= 4 is 24.2 Å². The second-order valence-electron chi connectivity index (χ2n) is 8.04. The van der Waals surface area contributed by atoms with E-state index in [9.17, 15) is 19.2 Å². The zero-order valence-electron chi connectivity index (χ0n) is 21.1. The fourth-order valence-electron chi connectivity index (χ4n) is 3.02. The molecule has 0 aromatic heterocycles. The summed E-state index contributed by atoms with van der Waals surface area (Å²) >= 11 is 0. The summed E-state index contributed by atoms with van der Waals surface area (Å²) in [4.78, 5) is 47.7. The minimum absolute atomic E-state index is 0.0406. The minimum Gasteiger partial charge on any atom is -0.459 e. The van der Waals surface area contributed by atoms with E-state index in [4.69, 9.17) is 28.4 Å². The van der Waals surface area contributed by atoms with E-state index in [1.165, 1.54) is 36.4 Å². The van der Waals surface area contributed by atoms with E-state index >= 15 is 0 Å². The Morgan fingerprint density at radius 2 is 0.944 bits per heavy atom. The molecule has 36 heavy (non-hydrogen) atoms. The van der Waals surface area contributed by atoms with E-state index in [2.05, 4.69) is 13.2 Å². The van der Waals surface area contributed by atoms with Crippen LogP contribution in [0, 0.1) is 0 Å². The van der Waals surface area contributed by atoms with Gasteiger partial charge in [-0.1, -0.05) is 25.3 Å². The van der Waals surface area contributed by atoms with Crippen molar-refractivity contribution in [3.8, 4) is 0 Å². The molecule has 0 fully saturated rings. The minimum atomic E-state index is -0.828. The first kappa shape index (κ1) is 30.2. The van der Waals surface area contributed by atoms with Gasteiger partial charge in [-0.3, -0.25) is 0 Å². The Morgan fingerprint density at radius 3 is 1.25 bits per heavy atom. The lowest BCUT2D eigenvalue weighted by atomic mass is 10.1. The maximum Gasteiger partial charge on any atom is 0.508 e. The molecule has 0 heterocycles. The average molecular weight is 507 g/mol. The van der Waals surface area contributed by atoms with Crippen LogP contribution in [0.3, 0.4) is 0 Å². The topological polar surface area (TPSA) is 124 Å². The lowest BCUT2D eigenvalue weighted by Gasteiger charge is -2.19. The Kier molecular flexibility index (Phi) is 13.4. The van der Waals surface area contributed by atoms with E-state index in [1.807, 2.05) is 0 Å². The molecule has 0 spiro atoms. The Bertz CT molecular complexity index is 819. The highest BCUT2D eigenvalue weighted by atomic mass is 16.7. The van der Waals surface area contributed by atoms with Crippen LogP contribution in [0.1, 0.15) is 61.3 Å². The fraction of sp³-hybridized carbons (Fsp3) is 0.462. The lowest BCUT2D eigenvalue weighted by Crippen LogP contribution is -2.24. The lowest BCUT2D eigenvalue weighted by molar-refractivity contribution is 0.000970. The number of esters is 2. The second-order valence-corrected chi connectivity index (χ2v) is 8.04. The summed E-state index contributed by atoms with van der Waals surface area (Å²) in [5.41, 5.74) is 0.482. The molecule has 0 bridgehead atoms. The van der Waals surface area contributed by atoms with Gasteiger partial charge in [-0.25, -0.2) is 19.2 Å². The molecule has 0 saturated carbocycles. The van der Waals surface area contributed by atoms with Crippen LogP contribution in [-0.4, -0.2) is 61.9 Å². The molecule has 1 aromatic rings. The molecule has 10 nitrogen and oxygen atoms in total. The summed E-state index contributed by atoms with van der Waals surface area (Å²) in [6.45, 7) is 13.6. The molecule has 0 aliphatic heterocycles. The van der Waals surface area contributed by atoms with Gasteiger partial charge in [0.15, 0.2) is 0 Å². The number of hydrogen-bond donors (Lipinski definition) is 0. The summed E-state index contributed by atoms with van der Waals surface area (Å²) in [5.74, 6) is -1.18. The van der Waals surface area contributed by atoms with Crippen LogP contribution in [0.15, 0.2) is 49.6 Å². The number of benzene rings is 1. The largest absolute Gasteiger partial charge is 0.508 e. The number of rotatable bonds is 14. The Balaban J connectivity index is 2.50. The molecular weight excluding hydrogens is 472 g/mol. The maximum absolute atomic E-state index is 12.4. The van der Waals surface area contributed by atoms with Crippen LogP contribution < -0.4 is 0 Å². The SMILES string of the molecule is C=CCOC(=O)O[C@H](C)C[C@@H](C)OC(=O)c1ccc(C(=O)O[C@H](C)C[C@@H](C)OC(=O)OCC=C)cc1. The highest BCUT2D eigenvalue weighted by Crippen LogP contribution is 2.14. The van der Waals surface area contributed by atoms with Gasteiger partial charge < -0.3 is 28.4 Å². The quantitative estimate of drug-likeness (QED) is 0.193. The van der Waals surface area contributed by atoms with E-state index < -0.39 is 48.7 Å². The van der Waals surface area contributed by atoms with Crippen LogP contribution in [-0.2, 0) is 28.4 Å². The first-order chi connectivity index (χ1) is 17.0. The van der Waals surface area contributed by atoms with Gasteiger partial charge in [-0.05, 0) is 52.0 Å². The first-order valence-electron chi connectivity index (χ1n) is 11.5. The number of carbonyl (C=O) groups excluding carboxylic acids is 4. The van der Waals surface area contributed by atoms with Gasteiger partial charge in [0.25, 0.3) is 0 Å². The standard InChI is InChI=1S/C26H34O10/c1-7-13-31-25(29)35-19(5)15-17(3)33-23(27)21-9-11-22(12-10-21)24(28)34-18(4)16-20(6)36-26(30)32-14-8-2/h7-12,17-20H,1-2,13-16H2,3-6H3/t17-,18-,19-,20-/m1/s1. The summed E-state index contributed by atoms with van der Waals surface area (Å²) in [6.07, 6.45) is -0.417. The molecule has 0 aliphatic carbocycles. The van der Waals surface area contributed by atoms with E-state index in [1.54, 1.807) is 27.7 Å². The summed E-state index contributed by atoms with van der Waals surface area (Å²) in [7, 11) is 0. The molecule has 4 atom stereocenters. The molecule has 10 heteroatoms. The van der Waals surface area contributed by atoms with Gasteiger partial charge in [0.1, 0.15) is 37.6 Å². The molecular formula is C26H34O10. The summed E-state index contributed by atoms with van der Waals surface area (Å²) < 4.78 is 30.3. The van der Waals surface area contributed by atoms with Gasteiger partial charge in [0.2, 0.25) is 0 Å². The van der Waals surface area contributed by atoms with E-state index in [0.29, 0.717) is 0 Å². The third-order valence-corrected chi connectivity index (χ3v) is 4.53. The van der Waals surface area contributed by atoms with Crippen molar-refractivity contribution in [3.05, 3.63) is 60.7 Å².